The standard InChI is InChI=1S/C25H22ClN5O2S/c1-17-6-12-21(13-7-17)31-24(19-8-10-20(26)11-9-19)29-30-25(31)34-16-23(32)28-27-15-18-4-3-5-22(14-18)33-2/h3-15H,16H2,1-2H3,(H,28,32)/b27-15-. The molecule has 172 valence electrons. The first-order valence-electron chi connectivity index (χ1n) is 10.4. The maximum atomic E-state index is 12.4. The Morgan fingerprint density at radius 1 is 1.12 bits per heavy atom. The van der Waals surface area contributed by atoms with Gasteiger partial charge in [-0.05, 0) is 61.0 Å². The minimum Gasteiger partial charge on any atom is -0.497 e. The number of carbonyl (C=O) groups excluding carboxylic acids is 1. The Morgan fingerprint density at radius 3 is 2.62 bits per heavy atom. The molecule has 0 aliphatic rings. The Labute approximate surface area is 206 Å². The Kier molecular flexibility index (Phi) is 7.61. The number of rotatable bonds is 8. The van der Waals surface area contributed by atoms with E-state index in [4.69, 9.17) is 16.3 Å². The summed E-state index contributed by atoms with van der Waals surface area (Å²) in [7, 11) is 1.60. The van der Waals surface area contributed by atoms with Crippen LogP contribution in [-0.4, -0.2) is 39.7 Å². The van der Waals surface area contributed by atoms with Crippen molar-refractivity contribution in [1.29, 1.82) is 0 Å². The van der Waals surface area contributed by atoms with Crippen LogP contribution in [-0.2, 0) is 4.79 Å². The largest absolute Gasteiger partial charge is 0.497 e. The fraction of sp³-hybridized carbons (Fsp3) is 0.120. The summed E-state index contributed by atoms with van der Waals surface area (Å²) in [5.74, 6) is 1.26. The first kappa shape index (κ1) is 23.5. The molecule has 7 nitrogen and oxygen atoms in total. The van der Waals surface area contributed by atoms with Crippen LogP contribution in [0.4, 0.5) is 0 Å². The molecule has 0 bridgehead atoms. The van der Waals surface area contributed by atoms with Gasteiger partial charge in [-0.3, -0.25) is 9.36 Å². The molecule has 0 unspecified atom stereocenters. The van der Waals surface area contributed by atoms with E-state index >= 15 is 0 Å². The third kappa shape index (κ3) is 5.84. The zero-order valence-electron chi connectivity index (χ0n) is 18.6. The van der Waals surface area contributed by atoms with Crippen LogP contribution < -0.4 is 10.2 Å². The van der Waals surface area contributed by atoms with Crippen LogP contribution in [0.1, 0.15) is 11.1 Å². The first-order chi connectivity index (χ1) is 16.5. The molecule has 1 heterocycles. The highest BCUT2D eigenvalue weighted by atomic mass is 35.5. The molecule has 0 aliphatic carbocycles. The molecule has 1 aromatic heterocycles. The van der Waals surface area contributed by atoms with Gasteiger partial charge in [-0.15, -0.1) is 10.2 Å². The summed E-state index contributed by atoms with van der Waals surface area (Å²) in [6, 6.07) is 22.9. The van der Waals surface area contributed by atoms with E-state index in [0.29, 0.717) is 16.0 Å². The molecule has 0 saturated carbocycles. The monoisotopic (exact) mass is 491 g/mol. The van der Waals surface area contributed by atoms with Crippen LogP contribution in [0.3, 0.4) is 0 Å². The molecule has 0 fully saturated rings. The average Bonchev–Trinajstić information content (AvgIpc) is 3.28. The topological polar surface area (TPSA) is 81.4 Å². The number of halogens is 1. The summed E-state index contributed by atoms with van der Waals surface area (Å²) in [6.07, 6.45) is 1.57. The van der Waals surface area contributed by atoms with Gasteiger partial charge in [0.15, 0.2) is 11.0 Å². The minimum atomic E-state index is -0.254. The van der Waals surface area contributed by atoms with E-state index in [1.165, 1.54) is 11.8 Å². The van der Waals surface area contributed by atoms with E-state index in [9.17, 15) is 4.79 Å². The molecule has 0 aliphatic heterocycles. The van der Waals surface area contributed by atoms with Crippen LogP contribution in [0.15, 0.2) is 83.1 Å². The molecular formula is C25H22ClN5O2S. The average molecular weight is 492 g/mol. The number of thioether (sulfide) groups is 1. The molecule has 1 N–H and O–H groups in total. The summed E-state index contributed by atoms with van der Waals surface area (Å²) in [4.78, 5) is 12.4. The van der Waals surface area contributed by atoms with Gasteiger partial charge < -0.3 is 4.74 Å². The second-order valence-electron chi connectivity index (χ2n) is 7.34. The number of nitrogens with zero attached hydrogens (tertiary/aromatic N) is 4. The highest BCUT2D eigenvalue weighted by Gasteiger charge is 2.17. The number of methoxy groups -OCH3 is 1. The molecule has 0 radical (unpaired) electrons. The Morgan fingerprint density at radius 2 is 1.88 bits per heavy atom. The van der Waals surface area contributed by atoms with Gasteiger partial charge in [0.05, 0.1) is 19.1 Å². The number of hydrogen-bond donors (Lipinski definition) is 1. The van der Waals surface area contributed by atoms with Crippen molar-refractivity contribution in [3.63, 3.8) is 0 Å². The minimum absolute atomic E-state index is 0.125. The van der Waals surface area contributed by atoms with Crippen LogP contribution in [0.2, 0.25) is 5.02 Å². The van der Waals surface area contributed by atoms with E-state index in [2.05, 4.69) is 20.7 Å². The highest BCUT2D eigenvalue weighted by molar-refractivity contribution is 7.99. The molecule has 34 heavy (non-hydrogen) atoms. The lowest BCUT2D eigenvalue weighted by Crippen LogP contribution is -2.20. The fourth-order valence-corrected chi connectivity index (χ4v) is 4.01. The zero-order chi connectivity index (χ0) is 23.9. The van der Waals surface area contributed by atoms with Crippen molar-refractivity contribution in [2.24, 2.45) is 5.10 Å². The molecule has 9 heteroatoms. The number of aromatic nitrogens is 3. The normalized spacial score (nSPS) is 11.0. The highest BCUT2D eigenvalue weighted by Crippen LogP contribution is 2.28. The molecule has 0 spiro atoms. The third-order valence-electron chi connectivity index (χ3n) is 4.86. The summed E-state index contributed by atoms with van der Waals surface area (Å²) in [5, 5.41) is 14.0. The molecule has 4 aromatic rings. The van der Waals surface area contributed by atoms with Gasteiger partial charge >= 0.3 is 0 Å². The van der Waals surface area contributed by atoms with Crippen molar-refractivity contribution in [2.75, 3.05) is 12.9 Å². The van der Waals surface area contributed by atoms with Gasteiger partial charge in [-0.25, -0.2) is 5.43 Å². The lowest BCUT2D eigenvalue weighted by Gasteiger charge is -2.10. The van der Waals surface area contributed by atoms with Crippen LogP contribution in [0.5, 0.6) is 5.75 Å². The molecule has 1 amide bonds. The SMILES string of the molecule is COc1cccc(/C=N\NC(=O)CSc2nnc(-c3ccc(Cl)cc3)n2-c2ccc(C)cc2)c1. The van der Waals surface area contributed by atoms with Crippen LogP contribution in [0.25, 0.3) is 17.1 Å². The number of hydrogen-bond acceptors (Lipinski definition) is 6. The first-order valence-corrected chi connectivity index (χ1v) is 11.8. The number of hydrazone groups is 1. The predicted octanol–water partition coefficient (Wildman–Crippen LogP) is 5.15. The summed E-state index contributed by atoms with van der Waals surface area (Å²) in [5.41, 5.74) is 6.29. The second kappa shape index (κ2) is 11.0. The van der Waals surface area contributed by atoms with Gasteiger partial charge in [-0.1, -0.05) is 53.2 Å². The van der Waals surface area contributed by atoms with Crippen molar-refractivity contribution in [2.45, 2.75) is 12.1 Å². The quantitative estimate of drug-likeness (QED) is 0.209. The van der Waals surface area contributed by atoms with Crippen molar-refractivity contribution in [3.8, 4) is 22.8 Å². The summed E-state index contributed by atoms with van der Waals surface area (Å²) in [6.45, 7) is 2.03. The van der Waals surface area contributed by atoms with Crippen molar-refractivity contribution >= 4 is 35.5 Å². The summed E-state index contributed by atoms with van der Waals surface area (Å²) >= 11 is 7.33. The number of benzene rings is 3. The van der Waals surface area contributed by atoms with Crippen molar-refractivity contribution in [1.82, 2.24) is 20.2 Å². The van der Waals surface area contributed by atoms with E-state index in [1.807, 2.05) is 84.3 Å². The molecular weight excluding hydrogens is 470 g/mol. The molecule has 3 aromatic carbocycles. The lowest BCUT2D eigenvalue weighted by atomic mass is 10.2. The van der Waals surface area contributed by atoms with Crippen LogP contribution in [0, 0.1) is 6.92 Å². The van der Waals surface area contributed by atoms with Gasteiger partial charge in [-0.2, -0.15) is 5.10 Å². The maximum Gasteiger partial charge on any atom is 0.250 e. The number of ether oxygens (including phenoxy) is 1. The zero-order valence-corrected chi connectivity index (χ0v) is 20.2. The molecule has 4 rings (SSSR count). The number of carbonyl (C=O) groups is 1. The molecule has 0 atom stereocenters. The predicted molar refractivity (Wildman–Crippen MR) is 136 cm³/mol. The third-order valence-corrected chi connectivity index (χ3v) is 6.04. The number of nitrogens with one attached hydrogen (secondary N) is 1. The molecule has 0 saturated heterocycles. The van der Waals surface area contributed by atoms with Gasteiger partial charge in [0.25, 0.3) is 5.91 Å². The number of aryl methyl sites for hydroxylation is 1. The van der Waals surface area contributed by atoms with E-state index in [-0.39, 0.29) is 11.7 Å². The Balaban J connectivity index is 1.50. The van der Waals surface area contributed by atoms with E-state index in [1.54, 1.807) is 13.3 Å². The van der Waals surface area contributed by atoms with Crippen molar-refractivity contribution in [3.05, 3.63) is 88.9 Å². The maximum absolute atomic E-state index is 12.4. The van der Waals surface area contributed by atoms with Crippen molar-refractivity contribution < 1.29 is 9.53 Å². The second-order valence-corrected chi connectivity index (χ2v) is 8.72. The van der Waals surface area contributed by atoms with Crippen LogP contribution >= 0.6 is 23.4 Å². The smallest absolute Gasteiger partial charge is 0.250 e. The Hall–Kier alpha value is -3.62. The Bertz CT molecular complexity index is 1300. The van der Waals surface area contributed by atoms with Gasteiger partial charge in [0.2, 0.25) is 0 Å². The lowest BCUT2D eigenvalue weighted by molar-refractivity contribution is -0.118. The van der Waals surface area contributed by atoms with Gasteiger partial charge in [0.1, 0.15) is 5.75 Å². The van der Waals surface area contributed by atoms with E-state index < -0.39 is 0 Å². The summed E-state index contributed by atoms with van der Waals surface area (Å²) < 4.78 is 7.12. The van der Waals surface area contributed by atoms with E-state index in [0.717, 1.165) is 28.1 Å². The fourth-order valence-electron chi connectivity index (χ4n) is 3.14. The number of amides is 1. The van der Waals surface area contributed by atoms with Gasteiger partial charge in [0, 0.05) is 16.3 Å².